The molecule has 0 bridgehead atoms. The average molecular weight is 435 g/mol. The number of amides is 1. The number of phenolic OH excluding ortho intramolecular Hbond substituents is 1. The van der Waals surface area contributed by atoms with Gasteiger partial charge in [-0.1, -0.05) is 24.3 Å². The zero-order valence-corrected chi connectivity index (χ0v) is 16.8. The standard InChI is InChI=1S/C23H24F3NO4/c24-23(25,26)18-9-12-22(13-10-18,17-5-7-19(28)8-6-17)16-3-1-15(2-4-16)21(31)27-14-11-20(29)30/h1-8,18,28H,9-14H2,(H,27,31)(H,29,30). The molecule has 166 valence electrons. The molecule has 2 aromatic rings. The van der Waals surface area contributed by atoms with Crippen LogP contribution in [0.25, 0.3) is 0 Å². The molecule has 1 saturated carbocycles. The minimum Gasteiger partial charge on any atom is -0.508 e. The van der Waals surface area contributed by atoms with Gasteiger partial charge in [-0.2, -0.15) is 13.2 Å². The summed E-state index contributed by atoms with van der Waals surface area (Å²) in [6, 6.07) is 13.2. The number of hydrogen-bond donors (Lipinski definition) is 3. The summed E-state index contributed by atoms with van der Waals surface area (Å²) in [7, 11) is 0. The zero-order chi connectivity index (χ0) is 22.6. The number of phenols is 1. The van der Waals surface area contributed by atoms with E-state index in [0.29, 0.717) is 18.4 Å². The van der Waals surface area contributed by atoms with E-state index in [4.69, 9.17) is 5.11 Å². The van der Waals surface area contributed by atoms with Crippen molar-refractivity contribution < 1.29 is 33.0 Å². The molecule has 3 rings (SSSR count). The van der Waals surface area contributed by atoms with Crippen LogP contribution in [-0.4, -0.2) is 34.8 Å². The Labute approximate surface area is 177 Å². The molecule has 1 fully saturated rings. The van der Waals surface area contributed by atoms with E-state index >= 15 is 0 Å². The van der Waals surface area contributed by atoms with Crippen LogP contribution < -0.4 is 5.32 Å². The normalized spacial score (nSPS) is 21.5. The van der Waals surface area contributed by atoms with Crippen LogP contribution in [0, 0.1) is 5.92 Å². The molecule has 0 radical (unpaired) electrons. The van der Waals surface area contributed by atoms with Crippen LogP contribution in [0.5, 0.6) is 5.75 Å². The first-order valence-corrected chi connectivity index (χ1v) is 10.1. The molecule has 0 spiro atoms. The highest BCUT2D eigenvalue weighted by Crippen LogP contribution is 2.50. The first-order chi connectivity index (χ1) is 14.6. The van der Waals surface area contributed by atoms with E-state index in [1.54, 1.807) is 36.4 Å². The molecule has 0 aromatic heterocycles. The first-order valence-electron chi connectivity index (χ1n) is 10.1. The molecular weight excluding hydrogens is 411 g/mol. The molecule has 1 aliphatic rings. The predicted octanol–water partition coefficient (Wildman–Crippen LogP) is 4.64. The fourth-order valence-corrected chi connectivity index (χ4v) is 4.29. The topological polar surface area (TPSA) is 86.6 Å². The Morgan fingerprint density at radius 2 is 1.48 bits per heavy atom. The first kappa shape index (κ1) is 22.7. The zero-order valence-electron chi connectivity index (χ0n) is 16.8. The van der Waals surface area contributed by atoms with Gasteiger partial charge in [0.2, 0.25) is 0 Å². The largest absolute Gasteiger partial charge is 0.508 e. The van der Waals surface area contributed by atoms with Gasteiger partial charge in [-0.25, -0.2) is 0 Å². The van der Waals surface area contributed by atoms with E-state index in [9.17, 15) is 27.9 Å². The van der Waals surface area contributed by atoms with E-state index in [-0.39, 0.29) is 31.6 Å². The molecule has 0 unspecified atom stereocenters. The maximum Gasteiger partial charge on any atom is 0.391 e. The molecule has 1 aliphatic carbocycles. The number of aliphatic carboxylic acids is 1. The third-order valence-corrected chi connectivity index (χ3v) is 6.05. The summed E-state index contributed by atoms with van der Waals surface area (Å²) in [5.74, 6) is -2.68. The van der Waals surface area contributed by atoms with Crippen molar-refractivity contribution in [2.45, 2.75) is 43.7 Å². The molecule has 0 heterocycles. The predicted molar refractivity (Wildman–Crippen MR) is 108 cm³/mol. The molecule has 2 aromatic carbocycles. The summed E-state index contributed by atoms with van der Waals surface area (Å²) in [5.41, 5.74) is 1.33. The van der Waals surface area contributed by atoms with Crippen molar-refractivity contribution in [3.63, 3.8) is 0 Å². The van der Waals surface area contributed by atoms with Crippen molar-refractivity contribution in [1.82, 2.24) is 5.32 Å². The number of halogens is 3. The summed E-state index contributed by atoms with van der Waals surface area (Å²) < 4.78 is 39.7. The third kappa shape index (κ3) is 5.18. The van der Waals surface area contributed by atoms with E-state index in [1.165, 1.54) is 12.1 Å². The highest BCUT2D eigenvalue weighted by molar-refractivity contribution is 5.94. The fourth-order valence-electron chi connectivity index (χ4n) is 4.29. The summed E-state index contributed by atoms with van der Waals surface area (Å²) in [5, 5.41) is 20.8. The molecular formula is C23H24F3NO4. The van der Waals surface area contributed by atoms with Gasteiger partial charge in [0.05, 0.1) is 12.3 Å². The van der Waals surface area contributed by atoms with Crippen LogP contribution in [0.3, 0.4) is 0 Å². The lowest BCUT2D eigenvalue weighted by molar-refractivity contribution is -0.184. The Bertz CT molecular complexity index is 915. The Balaban J connectivity index is 1.86. The van der Waals surface area contributed by atoms with Crippen molar-refractivity contribution in [2.24, 2.45) is 5.92 Å². The minimum atomic E-state index is -4.22. The highest BCUT2D eigenvalue weighted by Gasteiger charge is 2.47. The van der Waals surface area contributed by atoms with E-state index < -0.39 is 29.4 Å². The lowest BCUT2D eigenvalue weighted by Crippen LogP contribution is -2.37. The highest BCUT2D eigenvalue weighted by atomic mass is 19.4. The second-order valence-electron chi connectivity index (χ2n) is 7.92. The molecule has 3 N–H and O–H groups in total. The van der Waals surface area contributed by atoms with Gasteiger partial charge in [0.25, 0.3) is 5.91 Å². The Kier molecular flexibility index (Phi) is 6.57. The van der Waals surface area contributed by atoms with Crippen molar-refractivity contribution in [3.8, 4) is 5.75 Å². The SMILES string of the molecule is O=C(O)CCNC(=O)c1ccc(C2(c3ccc(O)cc3)CCC(C(F)(F)F)CC2)cc1. The van der Waals surface area contributed by atoms with Crippen LogP contribution in [0.1, 0.15) is 53.6 Å². The smallest absolute Gasteiger partial charge is 0.391 e. The van der Waals surface area contributed by atoms with Gasteiger partial charge < -0.3 is 15.5 Å². The summed E-state index contributed by atoms with van der Waals surface area (Å²) >= 11 is 0. The van der Waals surface area contributed by atoms with Gasteiger partial charge in [-0.3, -0.25) is 9.59 Å². The molecule has 5 nitrogen and oxygen atoms in total. The Morgan fingerprint density at radius 3 is 1.97 bits per heavy atom. The number of carboxylic acids is 1. The molecule has 31 heavy (non-hydrogen) atoms. The Hall–Kier alpha value is -3.03. The maximum absolute atomic E-state index is 13.2. The van der Waals surface area contributed by atoms with Gasteiger partial charge in [-0.05, 0) is 61.1 Å². The van der Waals surface area contributed by atoms with Crippen LogP contribution in [0.15, 0.2) is 48.5 Å². The number of benzene rings is 2. The third-order valence-electron chi connectivity index (χ3n) is 6.05. The van der Waals surface area contributed by atoms with Crippen molar-refractivity contribution in [2.75, 3.05) is 6.54 Å². The monoisotopic (exact) mass is 435 g/mol. The van der Waals surface area contributed by atoms with Crippen LogP contribution in [0.4, 0.5) is 13.2 Å². The molecule has 0 aliphatic heterocycles. The second-order valence-corrected chi connectivity index (χ2v) is 7.92. The maximum atomic E-state index is 13.2. The van der Waals surface area contributed by atoms with Crippen LogP contribution >= 0.6 is 0 Å². The van der Waals surface area contributed by atoms with Crippen molar-refractivity contribution in [1.29, 1.82) is 0 Å². The van der Waals surface area contributed by atoms with E-state index in [1.807, 2.05) is 0 Å². The summed E-state index contributed by atoms with van der Waals surface area (Å²) in [6.45, 7) is 0.00615. The number of rotatable bonds is 6. The van der Waals surface area contributed by atoms with Crippen molar-refractivity contribution in [3.05, 3.63) is 65.2 Å². The second kappa shape index (κ2) is 8.99. The minimum absolute atomic E-state index is 0.00179. The molecule has 0 saturated heterocycles. The Morgan fingerprint density at radius 1 is 0.968 bits per heavy atom. The molecule has 0 atom stereocenters. The fraction of sp³-hybridized carbons (Fsp3) is 0.391. The van der Waals surface area contributed by atoms with Gasteiger partial charge in [0, 0.05) is 17.5 Å². The number of alkyl halides is 3. The van der Waals surface area contributed by atoms with E-state index in [2.05, 4.69) is 5.32 Å². The van der Waals surface area contributed by atoms with Crippen LogP contribution in [0.2, 0.25) is 0 Å². The van der Waals surface area contributed by atoms with Gasteiger partial charge in [0.1, 0.15) is 5.75 Å². The van der Waals surface area contributed by atoms with E-state index in [0.717, 1.165) is 11.1 Å². The lowest BCUT2D eigenvalue weighted by Gasteiger charge is -2.42. The number of carbonyl (C=O) groups excluding carboxylic acids is 1. The van der Waals surface area contributed by atoms with Gasteiger partial charge in [-0.15, -0.1) is 0 Å². The quantitative estimate of drug-likeness (QED) is 0.617. The lowest BCUT2D eigenvalue weighted by atomic mass is 9.63. The number of nitrogens with one attached hydrogen (secondary N) is 1. The van der Waals surface area contributed by atoms with Crippen molar-refractivity contribution >= 4 is 11.9 Å². The summed E-state index contributed by atoms with van der Waals surface area (Å²) in [6.07, 6.45) is -3.81. The average Bonchev–Trinajstić information content (AvgIpc) is 2.73. The van der Waals surface area contributed by atoms with Gasteiger partial charge in [0.15, 0.2) is 0 Å². The van der Waals surface area contributed by atoms with Gasteiger partial charge >= 0.3 is 12.1 Å². The number of carbonyl (C=O) groups is 2. The van der Waals surface area contributed by atoms with Crippen LogP contribution in [-0.2, 0) is 10.2 Å². The molecule has 1 amide bonds. The molecule has 8 heteroatoms. The number of hydrogen-bond acceptors (Lipinski definition) is 3. The number of aromatic hydroxyl groups is 1. The number of carboxylic acid groups (broad SMARTS) is 1. The summed E-state index contributed by atoms with van der Waals surface area (Å²) in [4.78, 5) is 22.8.